The van der Waals surface area contributed by atoms with E-state index >= 15 is 0 Å². The molecule has 0 radical (unpaired) electrons. The Morgan fingerprint density at radius 3 is 2.52 bits per heavy atom. The molecule has 7 nitrogen and oxygen atoms in total. The van der Waals surface area contributed by atoms with E-state index in [0.29, 0.717) is 11.1 Å². The zero-order valence-electron chi connectivity index (χ0n) is 14.6. The predicted octanol–water partition coefficient (Wildman–Crippen LogP) is 3.92. The highest BCUT2D eigenvalue weighted by Gasteiger charge is 2.30. The van der Waals surface area contributed by atoms with Crippen molar-refractivity contribution in [1.82, 2.24) is 4.98 Å². The third-order valence-electron chi connectivity index (χ3n) is 3.39. The number of aromatic nitrogens is 1. The molecule has 0 atom stereocenters. The molecule has 0 fully saturated rings. The highest BCUT2D eigenvalue weighted by atomic mass is 19.4. The lowest BCUT2D eigenvalue weighted by molar-refractivity contribution is -0.274. The molecule has 1 aromatic heterocycles. The molecule has 0 aliphatic heterocycles. The van der Waals surface area contributed by atoms with Gasteiger partial charge in [0.15, 0.2) is 12.2 Å². The molecule has 150 valence electrons. The number of nitrogens with zero attached hydrogens (tertiary/aromatic N) is 1. The minimum absolute atomic E-state index is 0.203. The second-order valence-corrected chi connectivity index (χ2v) is 5.58. The zero-order chi connectivity index (χ0) is 20.9. The third-order valence-corrected chi connectivity index (χ3v) is 3.39. The first-order valence-corrected chi connectivity index (χ1v) is 8.14. The number of alkyl halides is 3. The van der Waals surface area contributed by atoms with Gasteiger partial charge in [-0.05, 0) is 36.4 Å². The van der Waals surface area contributed by atoms with Crippen LogP contribution in [0.5, 0.6) is 5.75 Å². The number of oxazole rings is 1. The number of ether oxygens (including phenoxy) is 2. The Balaban J connectivity index is 1.46. The SMILES string of the molecule is O=C(COC(=O)/C=C/c1nc2ccccc2o1)Nc1ccc(OC(F)(F)F)cc1. The van der Waals surface area contributed by atoms with E-state index in [1.807, 2.05) is 0 Å². The lowest BCUT2D eigenvalue weighted by Crippen LogP contribution is -2.20. The number of amides is 1. The molecule has 10 heteroatoms. The summed E-state index contributed by atoms with van der Waals surface area (Å²) in [6.45, 7) is -0.586. The standard InChI is InChI=1S/C19H13F3N2O5/c20-19(21,22)29-13-7-5-12(6-8-13)23-16(25)11-27-18(26)10-9-17-24-14-3-1-2-4-15(14)28-17/h1-10H,11H2,(H,23,25)/b10-9+. The number of benzene rings is 2. The first kappa shape index (κ1) is 19.9. The molecule has 0 saturated heterocycles. The van der Waals surface area contributed by atoms with Crippen molar-refractivity contribution < 1.29 is 36.7 Å². The predicted molar refractivity (Wildman–Crippen MR) is 95.8 cm³/mol. The first-order valence-electron chi connectivity index (χ1n) is 8.14. The van der Waals surface area contributed by atoms with E-state index in [1.165, 1.54) is 18.2 Å². The van der Waals surface area contributed by atoms with Crippen LogP contribution in [-0.4, -0.2) is 29.8 Å². The van der Waals surface area contributed by atoms with Crippen LogP contribution in [0.4, 0.5) is 18.9 Å². The third kappa shape index (κ3) is 6.09. The lowest BCUT2D eigenvalue weighted by atomic mass is 10.3. The van der Waals surface area contributed by atoms with Crippen molar-refractivity contribution in [2.45, 2.75) is 6.36 Å². The minimum Gasteiger partial charge on any atom is -0.452 e. The van der Waals surface area contributed by atoms with Gasteiger partial charge in [0.05, 0.1) is 0 Å². The Bertz CT molecular complexity index is 1010. The van der Waals surface area contributed by atoms with Crippen molar-refractivity contribution in [3.8, 4) is 5.75 Å². The molecule has 2 aromatic carbocycles. The fourth-order valence-corrected chi connectivity index (χ4v) is 2.22. The molecule has 0 spiro atoms. The number of nitrogens with one attached hydrogen (secondary N) is 1. The first-order chi connectivity index (χ1) is 13.8. The van der Waals surface area contributed by atoms with E-state index in [2.05, 4.69) is 15.0 Å². The molecule has 3 rings (SSSR count). The van der Waals surface area contributed by atoms with Crippen molar-refractivity contribution in [2.24, 2.45) is 0 Å². The highest BCUT2D eigenvalue weighted by Crippen LogP contribution is 2.23. The smallest absolute Gasteiger partial charge is 0.452 e. The number of fused-ring (bicyclic) bond motifs is 1. The van der Waals surface area contributed by atoms with Gasteiger partial charge in [-0.25, -0.2) is 9.78 Å². The van der Waals surface area contributed by atoms with Crippen molar-refractivity contribution in [3.05, 3.63) is 60.5 Å². The van der Waals surface area contributed by atoms with Gasteiger partial charge < -0.3 is 19.2 Å². The summed E-state index contributed by atoms with van der Waals surface area (Å²) >= 11 is 0. The number of carbonyl (C=O) groups is 2. The van der Waals surface area contributed by atoms with Crippen LogP contribution in [0.15, 0.2) is 59.0 Å². The largest absolute Gasteiger partial charge is 0.573 e. The lowest BCUT2D eigenvalue weighted by Gasteiger charge is -2.10. The molecular weight excluding hydrogens is 393 g/mol. The van der Waals surface area contributed by atoms with Gasteiger partial charge in [-0.3, -0.25) is 4.79 Å². The van der Waals surface area contributed by atoms with E-state index in [9.17, 15) is 22.8 Å². The monoisotopic (exact) mass is 406 g/mol. The number of halogens is 3. The van der Waals surface area contributed by atoms with Crippen molar-refractivity contribution in [1.29, 1.82) is 0 Å². The summed E-state index contributed by atoms with van der Waals surface area (Å²) in [6, 6.07) is 11.6. The molecule has 0 saturated carbocycles. The highest BCUT2D eigenvalue weighted by molar-refractivity contribution is 5.94. The Hall–Kier alpha value is -3.82. The van der Waals surface area contributed by atoms with Gasteiger partial charge in [0.1, 0.15) is 11.3 Å². The van der Waals surface area contributed by atoms with Gasteiger partial charge >= 0.3 is 12.3 Å². The van der Waals surface area contributed by atoms with Crippen LogP contribution >= 0.6 is 0 Å². The van der Waals surface area contributed by atoms with Crippen LogP contribution in [0.25, 0.3) is 17.2 Å². The molecule has 1 heterocycles. The maximum atomic E-state index is 12.1. The zero-order valence-corrected chi connectivity index (χ0v) is 14.6. The minimum atomic E-state index is -4.80. The summed E-state index contributed by atoms with van der Waals surface area (Å²) in [7, 11) is 0. The summed E-state index contributed by atoms with van der Waals surface area (Å²) in [4.78, 5) is 27.6. The van der Waals surface area contributed by atoms with Crippen LogP contribution < -0.4 is 10.1 Å². The van der Waals surface area contributed by atoms with Gasteiger partial charge in [-0.1, -0.05) is 12.1 Å². The number of hydrogen-bond acceptors (Lipinski definition) is 6. The molecule has 0 bridgehead atoms. The Morgan fingerprint density at radius 2 is 1.83 bits per heavy atom. The molecule has 0 unspecified atom stereocenters. The molecular formula is C19H13F3N2O5. The Morgan fingerprint density at radius 1 is 1.10 bits per heavy atom. The summed E-state index contributed by atoms with van der Waals surface area (Å²) in [5, 5.41) is 2.37. The molecule has 29 heavy (non-hydrogen) atoms. The van der Waals surface area contributed by atoms with E-state index in [0.717, 1.165) is 18.2 Å². The number of rotatable bonds is 6. The quantitative estimate of drug-likeness (QED) is 0.493. The molecule has 0 aliphatic carbocycles. The molecule has 0 aliphatic rings. The Labute approximate surface area is 161 Å². The number of para-hydroxylation sites is 2. The van der Waals surface area contributed by atoms with Crippen molar-refractivity contribution >= 4 is 34.7 Å². The molecule has 3 aromatic rings. The van der Waals surface area contributed by atoms with E-state index in [4.69, 9.17) is 9.15 Å². The second kappa shape index (κ2) is 8.46. The second-order valence-electron chi connectivity index (χ2n) is 5.58. The normalized spacial score (nSPS) is 11.6. The maximum absolute atomic E-state index is 12.1. The summed E-state index contributed by atoms with van der Waals surface area (Å²) in [5.74, 6) is -1.69. The van der Waals surface area contributed by atoms with Crippen LogP contribution in [-0.2, 0) is 14.3 Å². The van der Waals surface area contributed by atoms with E-state index < -0.39 is 30.6 Å². The van der Waals surface area contributed by atoms with E-state index in [1.54, 1.807) is 24.3 Å². The average molecular weight is 406 g/mol. The van der Waals surface area contributed by atoms with Gasteiger partial charge in [-0.15, -0.1) is 13.2 Å². The Kier molecular flexibility index (Phi) is 5.82. The van der Waals surface area contributed by atoms with Crippen LogP contribution in [0, 0.1) is 0 Å². The van der Waals surface area contributed by atoms with Crippen LogP contribution in [0.2, 0.25) is 0 Å². The fourth-order valence-electron chi connectivity index (χ4n) is 2.22. The topological polar surface area (TPSA) is 90.7 Å². The number of hydrogen-bond donors (Lipinski definition) is 1. The van der Waals surface area contributed by atoms with Gasteiger partial charge in [0, 0.05) is 17.8 Å². The van der Waals surface area contributed by atoms with Gasteiger partial charge in [0.2, 0.25) is 5.89 Å². The molecule has 1 amide bonds. The summed E-state index contributed by atoms with van der Waals surface area (Å²) in [6.07, 6.45) is -2.44. The van der Waals surface area contributed by atoms with E-state index in [-0.39, 0.29) is 11.6 Å². The van der Waals surface area contributed by atoms with Crippen LogP contribution in [0.1, 0.15) is 5.89 Å². The maximum Gasteiger partial charge on any atom is 0.573 e. The van der Waals surface area contributed by atoms with Crippen molar-refractivity contribution in [3.63, 3.8) is 0 Å². The van der Waals surface area contributed by atoms with Crippen LogP contribution in [0.3, 0.4) is 0 Å². The molecule has 1 N–H and O–H groups in total. The van der Waals surface area contributed by atoms with Crippen molar-refractivity contribution in [2.75, 3.05) is 11.9 Å². The number of carbonyl (C=O) groups excluding carboxylic acids is 2. The summed E-state index contributed by atoms with van der Waals surface area (Å²) < 4.78 is 50.2. The fraction of sp³-hybridized carbons (Fsp3) is 0.105. The van der Waals surface area contributed by atoms with Gasteiger partial charge in [0.25, 0.3) is 5.91 Å². The number of anilines is 1. The van der Waals surface area contributed by atoms with Gasteiger partial charge in [-0.2, -0.15) is 0 Å². The average Bonchev–Trinajstić information content (AvgIpc) is 3.08. The number of esters is 1. The summed E-state index contributed by atoms with van der Waals surface area (Å²) in [5.41, 5.74) is 1.40.